The van der Waals surface area contributed by atoms with Crippen molar-refractivity contribution in [2.24, 2.45) is 0 Å². The third-order valence-electron chi connectivity index (χ3n) is 2.89. The van der Waals surface area contributed by atoms with E-state index < -0.39 is 29.6 Å². The summed E-state index contributed by atoms with van der Waals surface area (Å²) in [5.74, 6) is -2.42. The standard InChI is InChI=1S/C13H13F4N3O2/c1-21-9(22-2)6-18-11-7-4-3-5-8(14)10(7)19-12(20-11)13(15,16)17/h3-5,9H,6H2,1-2H3,(H,18,19,20). The Morgan fingerprint density at radius 1 is 1.18 bits per heavy atom. The van der Waals surface area contributed by atoms with Crippen LogP contribution in [0, 0.1) is 5.82 Å². The Morgan fingerprint density at radius 2 is 1.86 bits per heavy atom. The van der Waals surface area contributed by atoms with Gasteiger partial charge >= 0.3 is 6.18 Å². The maximum Gasteiger partial charge on any atom is 0.451 e. The van der Waals surface area contributed by atoms with Gasteiger partial charge in [-0.2, -0.15) is 13.2 Å². The highest BCUT2D eigenvalue weighted by Gasteiger charge is 2.36. The van der Waals surface area contributed by atoms with E-state index in [2.05, 4.69) is 15.3 Å². The van der Waals surface area contributed by atoms with Gasteiger partial charge in [-0.25, -0.2) is 14.4 Å². The molecule has 0 saturated carbocycles. The van der Waals surface area contributed by atoms with Crippen LogP contribution in [-0.2, 0) is 15.7 Å². The zero-order chi connectivity index (χ0) is 16.3. The quantitative estimate of drug-likeness (QED) is 0.678. The predicted octanol–water partition coefficient (Wildman–Crippen LogP) is 2.82. The zero-order valence-electron chi connectivity index (χ0n) is 11.7. The van der Waals surface area contributed by atoms with Crippen LogP contribution < -0.4 is 5.32 Å². The van der Waals surface area contributed by atoms with Crippen LogP contribution in [0.5, 0.6) is 0 Å². The van der Waals surface area contributed by atoms with Crippen molar-refractivity contribution in [1.29, 1.82) is 0 Å². The third-order valence-corrected chi connectivity index (χ3v) is 2.89. The Kier molecular flexibility index (Phi) is 4.77. The first-order valence-corrected chi connectivity index (χ1v) is 6.19. The molecule has 5 nitrogen and oxygen atoms in total. The summed E-state index contributed by atoms with van der Waals surface area (Å²) in [4.78, 5) is 6.69. The van der Waals surface area contributed by atoms with Gasteiger partial charge in [-0.15, -0.1) is 0 Å². The minimum absolute atomic E-state index is 0.0346. The van der Waals surface area contributed by atoms with Gasteiger partial charge in [-0.1, -0.05) is 6.07 Å². The monoisotopic (exact) mass is 319 g/mol. The number of hydrogen-bond donors (Lipinski definition) is 1. The lowest BCUT2D eigenvalue weighted by atomic mass is 10.2. The second-order valence-corrected chi connectivity index (χ2v) is 4.31. The lowest BCUT2D eigenvalue weighted by Gasteiger charge is -2.16. The lowest BCUT2D eigenvalue weighted by Crippen LogP contribution is -2.24. The molecule has 0 saturated heterocycles. The van der Waals surface area contributed by atoms with Crippen molar-refractivity contribution in [3.8, 4) is 0 Å². The van der Waals surface area contributed by atoms with Crippen molar-refractivity contribution in [3.63, 3.8) is 0 Å². The van der Waals surface area contributed by atoms with E-state index in [1.807, 2.05) is 0 Å². The second kappa shape index (κ2) is 6.41. The van der Waals surface area contributed by atoms with Gasteiger partial charge in [0.15, 0.2) is 6.29 Å². The molecule has 0 atom stereocenters. The van der Waals surface area contributed by atoms with E-state index in [-0.39, 0.29) is 17.7 Å². The molecule has 0 bridgehead atoms. The SMILES string of the molecule is COC(CNc1nc(C(F)(F)F)nc2c(F)cccc12)OC. The summed E-state index contributed by atoms with van der Waals surface area (Å²) in [6.45, 7) is 0.0346. The summed E-state index contributed by atoms with van der Waals surface area (Å²) < 4.78 is 62.1. The number of fused-ring (bicyclic) bond motifs is 1. The molecule has 22 heavy (non-hydrogen) atoms. The largest absolute Gasteiger partial charge is 0.451 e. The number of hydrogen-bond acceptors (Lipinski definition) is 5. The first-order chi connectivity index (χ1) is 10.4. The van der Waals surface area contributed by atoms with Gasteiger partial charge in [-0.3, -0.25) is 0 Å². The van der Waals surface area contributed by atoms with Gasteiger partial charge in [0.1, 0.15) is 17.2 Å². The highest BCUT2D eigenvalue weighted by molar-refractivity contribution is 5.89. The molecule has 0 aliphatic heterocycles. The van der Waals surface area contributed by atoms with Gasteiger partial charge < -0.3 is 14.8 Å². The van der Waals surface area contributed by atoms with Crippen molar-refractivity contribution in [2.75, 3.05) is 26.1 Å². The number of halogens is 4. The maximum atomic E-state index is 13.7. The summed E-state index contributed by atoms with van der Waals surface area (Å²) in [7, 11) is 2.77. The van der Waals surface area contributed by atoms with Gasteiger partial charge in [0, 0.05) is 19.6 Å². The Morgan fingerprint density at radius 3 is 2.45 bits per heavy atom. The van der Waals surface area contributed by atoms with E-state index in [1.54, 1.807) is 0 Å². The number of alkyl halides is 3. The maximum absolute atomic E-state index is 13.7. The Bertz CT molecular complexity index is 660. The molecular weight excluding hydrogens is 306 g/mol. The van der Waals surface area contributed by atoms with Crippen LogP contribution in [-0.4, -0.2) is 37.0 Å². The van der Waals surface area contributed by atoms with Gasteiger partial charge in [0.05, 0.1) is 6.54 Å². The molecule has 1 heterocycles. The van der Waals surface area contributed by atoms with Crippen LogP contribution in [0.3, 0.4) is 0 Å². The third kappa shape index (κ3) is 3.42. The van der Waals surface area contributed by atoms with Crippen LogP contribution in [0.2, 0.25) is 0 Å². The molecule has 1 N–H and O–H groups in total. The smallest absolute Gasteiger partial charge is 0.364 e. The Balaban J connectivity index is 2.48. The van der Waals surface area contributed by atoms with Crippen molar-refractivity contribution in [2.45, 2.75) is 12.5 Å². The van der Waals surface area contributed by atoms with Crippen molar-refractivity contribution >= 4 is 16.7 Å². The number of nitrogens with one attached hydrogen (secondary N) is 1. The summed E-state index contributed by atoms with van der Waals surface area (Å²) in [6.07, 6.45) is -5.47. The second-order valence-electron chi connectivity index (χ2n) is 4.31. The van der Waals surface area contributed by atoms with Crippen molar-refractivity contribution in [1.82, 2.24) is 9.97 Å². The highest BCUT2D eigenvalue weighted by atomic mass is 19.4. The van der Waals surface area contributed by atoms with Gasteiger partial charge in [-0.05, 0) is 12.1 Å². The first-order valence-electron chi connectivity index (χ1n) is 6.19. The van der Waals surface area contributed by atoms with E-state index >= 15 is 0 Å². The summed E-state index contributed by atoms with van der Waals surface area (Å²) >= 11 is 0. The molecule has 0 spiro atoms. The van der Waals surface area contributed by atoms with Gasteiger partial charge in [0.25, 0.3) is 0 Å². The van der Waals surface area contributed by atoms with Crippen LogP contribution in [0.1, 0.15) is 5.82 Å². The molecule has 0 fully saturated rings. The lowest BCUT2D eigenvalue weighted by molar-refractivity contribution is -0.144. The predicted molar refractivity (Wildman–Crippen MR) is 70.8 cm³/mol. The fraction of sp³-hybridized carbons (Fsp3) is 0.385. The zero-order valence-corrected chi connectivity index (χ0v) is 11.7. The normalized spacial score (nSPS) is 12.1. The van der Waals surface area contributed by atoms with Gasteiger partial charge in [0.2, 0.25) is 5.82 Å². The molecule has 120 valence electrons. The van der Waals surface area contributed by atoms with Crippen molar-refractivity contribution in [3.05, 3.63) is 29.8 Å². The number of benzene rings is 1. The molecule has 1 aromatic heterocycles. The molecule has 2 rings (SSSR count). The topological polar surface area (TPSA) is 56.3 Å². The van der Waals surface area contributed by atoms with Crippen LogP contribution in [0.4, 0.5) is 23.4 Å². The number of nitrogens with zero attached hydrogens (tertiary/aromatic N) is 2. The van der Waals surface area contributed by atoms with Crippen LogP contribution >= 0.6 is 0 Å². The van der Waals surface area contributed by atoms with E-state index in [4.69, 9.17) is 9.47 Å². The summed E-state index contributed by atoms with van der Waals surface area (Å²) in [6, 6.07) is 3.82. The van der Waals surface area contributed by atoms with E-state index in [0.717, 1.165) is 6.07 Å². The molecule has 9 heteroatoms. The van der Waals surface area contributed by atoms with E-state index in [1.165, 1.54) is 26.4 Å². The van der Waals surface area contributed by atoms with E-state index in [0.29, 0.717) is 0 Å². The number of aromatic nitrogens is 2. The number of anilines is 1. The Hall–Kier alpha value is -2.00. The number of rotatable bonds is 5. The minimum Gasteiger partial charge on any atom is -0.364 e. The number of ether oxygens (including phenoxy) is 2. The average molecular weight is 319 g/mol. The number of methoxy groups -OCH3 is 2. The fourth-order valence-electron chi connectivity index (χ4n) is 1.82. The van der Waals surface area contributed by atoms with E-state index in [9.17, 15) is 17.6 Å². The average Bonchev–Trinajstić information content (AvgIpc) is 2.47. The highest BCUT2D eigenvalue weighted by Crippen LogP contribution is 2.31. The molecule has 1 aromatic carbocycles. The molecule has 0 unspecified atom stereocenters. The molecule has 0 aliphatic carbocycles. The van der Waals surface area contributed by atoms with Crippen LogP contribution in [0.15, 0.2) is 18.2 Å². The molecule has 0 aliphatic rings. The number of para-hydroxylation sites is 1. The fourth-order valence-corrected chi connectivity index (χ4v) is 1.82. The molecular formula is C13H13F4N3O2. The molecule has 0 amide bonds. The van der Waals surface area contributed by atoms with Crippen molar-refractivity contribution < 1.29 is 27.0 Å². The summed E-state index contributed by atoms with van der Waals surface area (Å²) in [5.41, 5.74) is -0.404. The Labute approximate surface area is 123 Å². The minimum atomic E-state index is -4.78. The van der Waals surface area contributed by atoms with Crippen LogP contribution in [0.25, 0.3) is 10.9 Å². The first kappa shape index (κ1) is 16.4. The summed E-state index contributed by atoms with van der Waals surface area (Å²) in [5, 5.41) is 2.80. The molecule has 2 aromatic rings. The molecule has 0 radical (unpaired) electrons.